The Morgan fingerprint density at radius 1 is 1.38 bits per heavy atom. The predicted molar refractivity (Wildman–Crippen MR) is 68.7 cm³/mol. The number of thioether (sulfide) groups is 1. The van der Waals surface area contributed by atoms with Crippen molar-refractivity contribution in [1.82, 2.24) is 9.97 Å². The topological polar surface area (TPSA) is 51.8 Å². The number of nitrogens with zero attached hydrogens (tertiary/aromatic N) is 2. The number of rotatable bonds is 4. The van der Waals surface area contributed by atoms with Crippen molar-refractivity contribution in [2.24, 2.45) is 5.73 Å². The fraction of sp³-hybridized carbons (Fsp3) is 0.273. The number of hydrogen-bond donors (Lipinski definition) is 1. The van der Waals surface area contributed by atoms with Crippen LogP contribution in [0.15, 0.2) is 35.7 Å². The molecular formula is C11H13N3S2. The van der Waals surface area contributed by atoms with Crippen LogP contribution < -0.4 is 5.73 Å². The van der Waals surface area contributed by atoms with Gasteiger partial charge in [0.15, 0.2) is 5.16 Å². The van der Waals surface area contributed by atoms with Gasteiger partial charge < -0.3 is 5.73 Å². The molecule has 0 spiro atoms. The molecule has 1 unspecified atom stereocenters. The molecule has 0 saturated carbocycles. The van der Waals surface area contributed by atoms with Gasteiger partial charge >= 0.3 is 0 Å². The quantitative estimate of drug-likeness (QED) is 0.670. The molecule has 16 heavy (non-hydrogen) atoms. The van der Waals surface area contributed by atoms with Gasteiger partial charge in [-0.2, -0.15) is 0 Å². The van der Waals surface area contributed by atoms with Crippen molar-refractivity contribution in [3.63, 3.8) is 0 Å². The van der Waals surface area contributed by atoms with E-state index in [4.69, 9.17) is 5.73 Å². The van der Waals surface area contributed by atoms with Crippen molar-refractivity contribution < 1.29 is 0 Å². The lowest BCUT2D eigenvalue weighted by Gasteiger charge is -2.10. The van der Waals surface area contributed by atoms with Gasteiger partial charge in [-0.25, -0.2) is 9.97 Å². The maximum atomic E-state index is 5.79. The van der Waals surface area contributed by atoms with Gasteiger partial charge in [0.25, 0.3) is 0 Å². The van der Waals surface area contributed by atoms with Crippen molar-refractivity contribution in [3.05, 3.63) is 40.3 Å². The zero-order valence-corrected chi connectivity index (χ0v) is 10.6. The molecular weight excluding hydrogens is 238 g/mol. The Kier molecular flexibility index (Phi) is 3.93. The highest BCUT2D eigenvalue weighted by Crippen LogP contribution is 2.35. The summed E-state index contributed by atoms with van der Waals surface area (Å²) in [6, 6.07) is 6.07. The van der Waals surface area contributed by atoms with Crippen molar-refractivity contribution in [1.29, 1.82) is 0 Å². The maximum absolute atomic E-state index is 5.79. The second kappa shape index (κ2) is 5.43. The van der Waals surface area contributed by atoms with Gasteiger partial charge in [-0.05, 0) is 25.1 Å². The number of aromatic nitrogens is 2. The van der Waals surface area contributed by atoms with Gasteiger partial charge in [-0.3, -0.25) is 0 Å². The van der Waals surface area contributed by atoms with E-state index in [2.05, 4.69) is 29.0 Å². The Balaban J connectivity index is 2.12. The molecule has 0 saturated heterocycles. The van der Waals surface area contributed by atoms with Crippen LogP contribution in [-0.4, -0.2) is 16.5 Å². The SMILES string of the molecule is Cc1ccc(C(CN)Sc2ncccn2)s1. The summed E-state index contributed by atoms with van der Waals surface area (Å²) in [6.07, 6.45) is 3.51. The molecule has 0 aromatic carbocycles. The minimum Gasteiger partial charge on any atom is -0.329 e. The second-order valence-electron chi connectivity index (χ2n) is 3.32. The first-order valence-electron chi connectivity index (χ1n) is 4.99. The average Bonchev–Trinajstić information content (AvgIpc) is 2.74. The largest absolute Gasteiger partial charge is 0.329 e. The van der Waals surface area contributed by atoms with E-state index in [1.807, 2.05) is 6.07 Å². The Hall–Kier alpha value is -0.910. The standard InChI is InChI=1S/C11H13N3S2/c1-8-3-4-9(15-8)10(7-12)16-11-13-5-2-6-14-11/h2-6,10H,7,12H2,1H3. The van der Waals surface area contributed by atoms with E-state index >= 15 is 0 Å². The van der Waals surface area contributed by atoms with Gasteiger partial charge in [0.05, 0.1) is 5.25 Å². The summed E-state index contributed by atoms with van der Waals surface area (Å²) in [5.41, 5.74) is 5.79. The Labute approximate surface area is 103 Å². The van der Waals surface area contributed by atoms with E-state index in [1.54, 1.807) is 35.5 Å². The fourth-order valence-electron chi connectivity index (χ4n) is 1.32. The van der Waals surface area contributed by atoms with Crippen LogP contribution in [0.2, 0.25) is 0 Å². The first-order chi connectivity index (χ1) is 7.79. The van der Waals surface area contributed by atoms with Crippen LogP contribution in [0.5, 0.6) is 0 Å². The third-order valence-corrected chi connectivity index (χ3v) is 4.50. The first-order valence-corrected chi connectivity index (χ1v) is 6.69. The van der Waals surface area contributed by atoms with Gasteiger partial charge in [0.2, 0.25) is 0 Å². The molecule has 0 aliphatic heterocycles. The van der Waals surface area contributed by atoms with Crippen LogP contribution in [0.1, 0.15) is 15.0 Å². The normalized spacial score (nSPS) is 12.6. The van der Waals surface area contributed by atoms with Crippen molar-refractivity contribution in [2.45, 2.75) is 17.3 Å². The lowest BCUT2D eigenvalue weighted by molar-refractivity contribution is 0.920. The van der Waals surface area contributed by atoms with E-state index in [9.17, 15) is 0 Å². The third-order valence-electron chi connectivity index (χ3n) is 2.08. The molecule has 2 aromatic heterocycles. The molecule has 5 heteroatoms. The van der Waals surface area contributed by atoms with E-state index in [-0.39, 0.29) is 5.25 Å². The van der Waals surface area contributed by atoms with Crippen LogP contribution >= 0.6 is 23.1 Å². The van der Waals surface area contributed by atoms with Gasteiger partial charge in [0.1, 0.15) is 0 Å². The molecule has 0 radical (unpaired) electrons. The summed E-state index contributed by atoms with van der Waals surface area (Å²) >= 11 is 3.40. The summed E-state index contributed by atoms with van der Waals surface area (Å²) in [6.45, 7) is 2.70. The zero-order chi connectivity index (χ0) is 11.4. The monoisotopic (exact) mass is 251 g/mol. The lowest BCUT2D eigenvalue weighted by atomic mass is 10.3. The Morgan fingerprint density at radius 3 is 2.69 bits per heavy atom. The van der Waals surface area contributed by atoms with Gasteiger partial charge in [-0.15, -0.1) is 11.3 Å². The highest BCUT2D eigenvalue weighted by molar-refractivity contribution is 7.99. The summed E-state index contributed by atoms with van der Waals surface area (Å²) in [4.78, 5) is 11.0. The highest BCUT2D eigenvalue weighted by Gasteiger charge is 2.14. The van der Waals surface area contributed by atoms with E-state index in [0.717, 1.165) is 5.16 Å². The summed E-state index contributed by atoms with van der Waals surface area (Å²) in [7, 11) is 0. The summed E-state index contributed by atoms with van der Waals surface area (Å²) in [5.74, 6) is 0. The summed E-state index contributed by atoms with van der Waals surface area (Å²) in [5, 5.41) is 1.03. The van der Waals surface area contributed by atoms with Gasteiger partial charge in [-0.1, -0.05) is 11.8 Å². The minimum atomic E-state index is 0.251. The molecule has 2 N–H and O–H groups in total. The Bertz CT molecular complexity index is 442. The molecule has 2 aromatic rings. The number of thiophene rings is 1. The van der Waals surface area contributed by atoms with E-state index in [0.29, 0.717) is 6.54 Å². The fourth-order valence-corrected chi connectivity index (χ4v) is 3.27. The molecule has 84 valence electrons. The van der Waals surface area contributed by atoms with Crippen molar-refractivity contribution in [3.8, 4) is 0 Å². The van der Waals surface area contributed by atoms with E-state index < -0.39 is 0 Å². The molecule has 2 heterocycles. The molecule has 0 amide bonds. The first kappa shape index (κ1) is 11.6. The number of aryl methyl sites for hydroxylation is 1. The lowest BCUT2D eigenvalue weighted by Crippen LogP contribution is -2.08. The average molecular weight is 251 g/mol. The zero-order valence-electron chi connectivity index (χ0n) is 8.96. The predicted octanol–water partition coefficient (Wildman–Crippen LogP) is 2.64. The smallest absolute Gasteiger partial charge is 0.188 e. The third kappa shape index (κ3) is 2.81. The van der Waals surface area contributed by atoms with Crippen molar-refractivity contribution in [2.75, 3.05) is 6.54 Å². The molecule has 0 aliphatic rings. The number of nitrogens with two attached hydrogens (primary N) is 1. The summed E-state index contributed by atoms with van der Waals surface area (Å²) < 4.78 is 0. The molecule has 0 fully saturated rings. The highest BCUT2D eigenvalue weighted by atomic mass is 32.2. The molecule has 2 rings (SSSR count). The molecule has 1 atom stereocenters. The van der Waals surface area contributed by atoms with Crippen LogP contribution in [-0.2, 0) is 0 Å². The maximum Gasteiger partial charge on any atom is 0.188 e. The number of hydrogen-bond acceptors (Lipinski definition) is 5. The Morgan fingerprint density at radius 2 is 2.12 bits per heavy atom. The molecule has 3 nitrogen and oxygen atoms in total. The molecule has 0 bridgehead atoms. The van der Waals surface area contributed by atoms with Crippen LogP contribution in [0.25, 0.3) is 0 Å². The van der Waals surface area contributed by atoms with E-state index in [1.165, 1.54) is 9.75 Å². The van der Waals surface area contributed by atoms with Gasteiger partial charge in [0, 0.05) is 28.7 Å². The van der Waals surface area contributed by atoms with Crippen LogP contribution in [0.4, 0.5) is 0 Å². The van der Waals surface area contributed by atoms with Crippen LogP contribution in [0, 0.1) is 6.92 Å². The second-order valence-corrected chi connectivity index (χ2v) is 5.81. The molecule has 0 aliphatic carbocycles. The minimum absolute atomic E-state index is 0.251. The van der Waals surface area contributed by atoms with Crippen molar-refractivity contribution >= 4 is 23.1 Å². The van der Waals surface area contributed by atoms with Crippen LogP contribution in [0.3, 0.4) is 0 Å².